The van der Waals surface area contributed by atoms with E-state index in [1.54, 1.807) is 0 Å². The summed E-state index contributed by atoms with van der Waals surface area (Å²) < 4.78 is 6.02. The highest BCUT2D eigenvalue weighted by Gasteiger charge is 2.40. The second-order valence-corrected chi connectivity index (χ2v) is 6.46. The van der Waals surface area contributed by atoms with Crippen molar-refractivity contribution >= 4 is 5.91 Å². The van der Waals surface area contributed by atoms with Crippen molar-refractivity contribution in [3.8, 4) is 0 Å². The molecule has 2 heterocycles. The number of piperidine rings is 1. The average molecular weight is 266 g/mol. The summed E-state index contributed by atoms with van der Waals surface area (Å²) in [6.45, 7) is 2.78. The van der Waals surface area contributed by atoms with Gasteiger partial charge in [0.1, 0.15) is 0 Å². The molecule has 4 nitrogen and oxygen atoms in total. The van der Waals surface area contributed by atoms with Gasteiger partial charge in [0.2, 0.25) is 5.91 Å². The molecule has 0 aromatic heterocycles. The molecular weight excluding hydrogens is 240 g/mol. The summed E-state index contributed by atoms with van der Waals surface area (Å²) in [5, 5.41) is 6.61. The SMILES string of the molecule is O=C(NC1CCOC2(CCCC2)C1)C1CCNCC1. The van der Waals surface area contributed by atoms with Crippen LogP contribution in [0.3, 0.4) is 0 Å². The lowest BCUT2D eigenvalue weighted by atomic mass is 9.88. The second-order valence-electron chi connectivity index (χ2n) is 6.46. The Morgan fingerprint density at radius 3 is 2.63 bits per heavy atom. The average Bonchev–Trinajstić information content (AvgIpc) is 2.88. The number of rotatable bonds is 2. The third kappa shape index (κ3) is 3.11. The standard InChI is InChI=1S/C15H26N2O2/c18-14(12-3-8-16-9-4-12)17-13-5-10-19-15(11-13)6-1-2-7-15/h12-13,16H,1-11H2,(H,17,18). The first kappa shape index (κ1) is 13.4. The lowest BCUT2D eigenvalue weighted by Gasteiger charge is -2.39. The third-order valence-corrected chi connectivity index (χ3v) is 5.06. The summed E-state index contributed by atoms with van der Waals surface area (Å²) in [6.07, 6.45) is 8.94. The van der Waals surface area contributed by atoms with Crippen molar-refractivity contribution < 1.29 is 9.53 Å². The summed E-state index contributed by atoms with van der Waals surface area (Å²) in [7, 11) is 0. The zero-order valence-corrected chi connectivity index (χ0v) is 11.7. The number of ether oxygens (including phenoxy) is 1. The predicted molar refractivity (Wildman–Crippen MR) is 73.9 cm³/mol. The number of hydrogen-bond donors (Lipinski definition) is 2. The lowest BCUT2D eigenvalue weighted by Crippen LogP contribution is -2.49. The van der Waals surface area contributed by atoms with Gasteiger partial charge in [-0.3, -0.25) is 4.79 Å². The van der Waals surface area contributed by atoms with Crippen LogP contribution >= 0.6 is 0 Å². The van der Waals surface area contributed by atoms with E-state index in [-0.39, 0.29) is 17.4 Å². The molecule has 0 bridgehead atoms. The number of amides is 1. The third-order valence-electron chi connectivity index (χ3n) is 5.06. The van der Waals surface area contributed by atoms with Crippen molar-refractivity contribution in [2.45, 2.75) is 63.0 Å². The van der Waals surface area contributed by atoms with E-state index < -0.39 is 0 Å². The molecule has 0 aromatic rings. The Hall–Kier alpha value is -0.610. The normalized spacial score (nSPS) is 31.5. The monoisotopic (exact) mass is 266 g/mol. The number of nitrogens with one attached hydrogen (secondary N) is 2. The van der Waals surface area contributed by atoms with Crippen LogP contribution in [0.1, 0.15) is 51.4 Å². The summed E-state index contributed by atoms with van der Waals surface area (Å²) in [6, 6.07) is 0.342. The van der Waals surface area contributed by atoms with Crippen LogP contribution in [-0.2, 0) is 9.53 Å². The molecular formula is C15H26N2O2. The molecule has 3 aliphatic rings. The predicted octanol–water partition coefficient (Wildman–Crippen LogP) is 1.59. The minimum Gasteiger partial charge on any atom is -0.375 e. The van der Waals surface area contributed by atoms with E-state index in [2.05, 4.69) is 10.6 Å². The lowest BCUT2D eigenvalue weighted by molar-refractivity contribution is -0.129. The van der Waals surface area contributed by atoms with E-state index in [1.807, 2.05) is 0 Å². The first-order valence-corrected chi connectivity index (χ1v) is 7.93. The minimum absolute atomic E-state index is 0.102. The van der Waals surface area contributed by atoms with E-state index in [4.69, 9.17) is 4.74 Å². The van der Waals surface area contributed by atoms with Gasteiger partial charge in [-0.2, -0.15) is 0 Å². The van der Waals surface area contributed by atoms with Crippen molar-refractivity contribution in [1.29, 1.82) is 0 Å². The van der Waals surface area contributed by atoms with Gasteiger partial charge in [-0.05, 0) is 51.6 Å². The van der Waals surface area contributed by atoms with E-state index >= 15 is 0 Å². The largest absolute Gasteiger partial charge is 0.375 e. The van der Waals surface area contributed by atoms with Gasteiger partial charge in [-0.1, -0.05) is 12.8 Å². The molecule has 0 radical (unpaired) electrons. The van der Waals surface area contributed by atoms with Gasteiger partial charge < -0.3 is 15.4 Å². The van der Waals surface area contributed by atoms with Crippen LogP contribution in [0.25, 0.3) is 0 Å². The molecule has 1 unspecified atom stereocenters. The van der Waals surface area contributed by atoms with Crippen LogP contribution in [0.2, 0.25) is 0 Å². The van der Waals surface area contributed by atoms with Crippen molar-refractivity contribution in [2.24, 2.45) is 5.92 Å². The van der Waals surface area contributed by atoms with Gasteiger partial charge >= 0.3 is 0 Å². The fourth-order valence-electron chi connectivity index (χ4n) is 3.92. The minimum atomic E-state index is 0.102. The molecule has 3 rings (SSSR count). The molecule has 108 valence electrons. The zero-order valence-electron chi connectivity index (χ0n) is 11.7. The van der Waals surface area contributed by atoms with E-state index in [1.165, 1.54) is 25.7 Å². The molecule has 4 heteroatoms. The number of hydrogen-bond acceptors (Lipinski definition) is 3. The molecule has 3 fully saturated rings. The summed E-state index contributed by atoms with van der Waals surface area (Å²) in [5.74, 6) is 0.505. The molecule has 1 spiro atoms. The fourth-order valence-corrected chi connectivity index (χ4v) is 3.92. The molecule has 2 N–H and O–H groups in total. The first-order chi connectivity index (χ1) is 9.27. The Labute approximate surface area is 115 Å². The van der Waals surface area contributed by atoms with Crippen LogP contribution in [0, 0.1) is 5.92 Å². The fraction of sp³-hybridized carbons (Fsp3) is 0.933. The zero-order chi connectivity index (χ0) is 13.1. The molecule has 1 saturated carbocycles. The van der Waals surface area contributed by atoms with Crippen LogP contribution < -0.4 is 10.6 Å². The maximum absolute atomic E-state index is 12.3. The van der Waals surface area contributed by atoms with Crippen molar-refractivity contribution in [3.63, 3.8) is 0 Å². The molecule has 1 amide bonds. The topological polar surface area (TPSA) is 50.4 Å². The molecule has 1 aliphatic carbocycles. The van der Waals surface area contributed by atoms with Gasteiger partial charge in [-0.25, -0.2) is 0 Å². The Morgan fingerprint density at radius 2 is 1.89 bits per heavy atom. The summed E-state index contributed by atoms with van der Waals surface area (Å²) in [5.41, 5.74) is 0.102. The van der Waals surface area contributed by atoms with Gasteiger partial charge in [0, 0.05) is 18.6 Å². The number of carbonyl (C=O) groups excluding carboxylic acids is 1. The quantitative estimate of drug-likeness (QED) is 0.798. The van der Waals surface area contributed by atoms with Crippen molar-refractivity contribution in [1.82, 2.24) is 10.6 Å². The van der Waals surface area contributed by atoms with E-state index in [0.717, 1.165) is 45.4 Å². The molecule has 1 atom stereocenters. The van der Waals surface area contributed by atoms with Gasteiger partial charge in [-0.15, -0.1) is 0 Å². The van der Waals surface area contributed by atoms with Gasteiger partial charge in [0.25, 0.3) is 0 Å². The summed E-state index contributed by atoms with van der Waals surface area (Å²) in [4.78, 5) is 12.3. The Bertz CT molecular complexity index is 320. The highest BCUT2D eigenvalue weighted by Crippen LogP contribution is 2.40. The van der Waals surface area contributed by atoms with Crippen molar-refractivity contribution in [2.75, 3.05) is 19.7 Å². The maximum atomic E-state index is 12.3. The van der Waals surface area contributed by atoms with Crippen LogP contribution in [-0.4, -0.2) is 37.2 Å². The first-order valence-electron chi connectivity index (χ1n) is 7.93. The molecule has 2 saturated heterocycles. The van der Waals surface area contributed by atoms with Gasteiger partial charge in [0.05, 0.1) is 5.60 Å². The smallest absolute Gasteiger partial charge is 0.223 e. The van der Waals surface area contributed by atoms with Crippen LogP contribution in [0.15, 0.2) is 0 Å². The Morgan fingerprint density at radius 1 is 1.16 bits per heavy atom. The van der Waals surface area contributed by atoms with E-state index in [0.29, 0.717) is 6.04 Å². The summed E-state index contributed by atoms with van der Waals surface area (Å²) >= 11 is 0. The highest BCUT2D eigenvalue weighted by molar-refractivity contribution is 5.79. The second kappa shape index (κ2) is 5.80. The molecule has 0 aromatic carbocycles. The Kier molecular flexibility index (Phi) is 4.08. The van der Waals surface area contributed by atoms with Crippen LogP contribution in [0.5, 0.6) is 0 Å². The van der Waals surface area contributed by atoms with E-state index in [9.17, 15) is 4.79 Å². The number of carbonyl (C=O) groups is 1. The highest BCUT2D eigenvalue weighted by atomic mass is 16.5. The van der Waals surface area contributed by atoms with Gasteiger partial charge in [0.15, 0.2) is 0 Å². The molecule has 19 heavy (non-hydrogen) atoms. The van der Waals surface area contributed by atoms with Crippen LogP contribution in [0.4, 0.5) is 0 Å². The van der Waals surface area contributed by atoms with Crippen molar-refractivity contribution in [3.05, 3.63) is 0 Å². The molecule has 2 aliphatic heterocycles. The Balaban J connectivity index is 1.52. The maximum Gasteiger partial charge on any atom is 0.223 e.